The van der Waals surface area contributed by atoms with Gasteiger partial charge < -0.3 is 10.1 Å². The van der Waals surface area contributed by atoms with Crippen molar-refractivity contribution in [1.82, 2.24) is 10.6 Å². The van der Waals surface area contributed by atoms with Crippen molar-refractivity contribution in [2.45, 2.75) is 13.0 Å². The molecule has 1 fully saturated rings. The number of ether oxygens (including phenoxy) is 1. The number of amides is 1. The Kier molecular flexibility index (Phi) is 3.04. The first-order chi connectivity index (χ1) is 5.74. The summed E-state index contributed by atoms with van der Waals surface area (Å²) in [6.07, 6.45) is 0. The number of nitrogens with zero attached hydrogens (tertiary/aromatic N) is 1. The van der Waals surface area contributed by atoms with E-state index in [4.69, 9.17) is 4.74 Å². The van der Waals surface area contributed by atoms with Gasteiger partial charge in [0, 0.05) is 7.11 Å². The van der Waals surface area contributed by atoms with Crippen LogP contribution in [0.25, 0.3) is 0 Å². The first-order valence-electron chi connectivity index (χ1n) is 3.85. The first kappa shape index (κ1) is 8.99. The van der Waals surface area contributed by atoms with Crippen LogP contribution in [0.3, 0.4) is 0 Å². The molecule has 1 saturated heterocycles. The highest BCUT2D eigenvalue weighted by atomic mass is 16.5. The molecule has 0 aromatic rings. The molecule has 1 aliphatic rings. The van der Waals surface area contributed by atoms with Crippen LogP contribution in [0.15, 0.2) is 4.99 Å². The van der Waals surface area contributed by atoms with Crippen molar-refractivity contribution in [2.75, 3.05) is 20.3 Å². The molecule has 12 heavy (non-hydrogen) atoms. The maximum atomic E-state index is 10.9. The highest BCUT2D eigenvalue weighted by Gasteiger charge is 2.22. The molecule has 1 heterocycles. The molecule has 0 aliphatic carbocycles. The van der Waals surface area contributed by atoms with Crippen LogP contribution < -0.4 is 10.6 Å². The number of hydrogen-bond acceptors (Lipinski definition) is 3. The predicted octanol–water partition coefficient (Wildman–Crippen LogP) is -0.903. The Morgan fingerprint density at radius 1 is 1.67 bits per heavy atom. The fourth-order valence-electron chi connectivity index (χ4n) is 0.866. The third-order valence-corrected chi connectivity index (χ3v) is 1.55. The number of rotatable bonds is 3. The van der Waals surface area contributed by atoms with Crippen LogP contribution in [0, 0.1) is 0 Å². The lowest BCUT2D eigenvalue weighted by Gasteiger charge is -1.98. The molecule has 0 aromatic heterocycles. The zero-order valence-electron chi connectivity index (χ0n) is 7.26. The number of carbonyl (C=O) groups excluding carboxylic acids is 1. The van der Waals surface area contributed by atoms with Crippen LogP contribution in [0.2, 0.25) is 0 Å². The molecule has 0 radical (unpaired) electrons. The standard InChI is InChI=1S/C7H13N3O2/c1-5-6(11)10-7(9-5)8-3-4-12-2/h5H,3-4H2,1-2H3,(H2,8,9,10,11). The van der Waals surface area contributed by atoms with Crippen LogP contribution in [0.4, 0.5) is 0 Å². The maximum Gasteiger partial charge on any atom is 0.248 e. The van der Waals surface area contributed by atoms with E-state index < -0.39 is 0 Å². The van der Waals surface area contributed by atoms with E-state index in [0.717, 1.165) is 0 Å². The lowest BCUT2D eigenvalue weighted by Crippen LogP contribution is -2.26. The van der Waals surface area contributed by atoms with Gasteiger partial charge in [-0.2, -0.15) is 0 Å². The molecule has 0 bridgehead atoms. The molecule has 68 valence electrons. The molecule has 5 nitrogen and oxygen atoms in total. The Balaban J connectivity index is 2.35. The second-order valence-corrected chi connectivity index (χ2v) is 2.58. The summed E-state index contributed by atoms with van der Waals surface area (Å²) in [5.74, 6) is 0.510. The third kappa shape index (κ3) is 2.20. The summed E-state index contributed by atoms with van der Waals surface area (Å²) in [6.45, 7) is 2.91. The smallest absolute Gasteiger partial charge is 0.248 e. The van der Waals surface area contributed by atoms with Gasteiger partial charge in [0.05, 0.1) is 13.2 Å². The highest BCUT2D eigenvalue weighted by molar-refractivity contribution is 6.06. The lowest BCUT2D eigenvalue weighted by molar-refractivity contribution is -0.119. The molecule has 1 atom stereocenters. The maximum absolute atomic E-state index is 10.9. The summed E-state index contributed by atoms with van der Waals surface area (Å²) in [6, 6.07) is -0.175. The number of methoxy groups -OCH3 is 1. The number of guanidine groups is 1. The number of carbonyl (C=O) groups is 1. The molecular formula is C7H13N3O2. The monoisotopic (exact) mass is 171 g/mol. The average Bonchev–Trinajstić information content (AvgIpc) is 2.32. The van der Waals surface area contributed by atoms with Crippen molar-refractivity contribution in [3.05, 3.63) is 0 Å². The largest absolute Gasteiger partial charge is 0.383 e. The molecule has 0 saturated carbocycles. The summed E-state index contributed by atoms with van der Waals surface area (Å²) >= 11 is 0. The van der Waals surface area contributed by atoms with E-state index in [2.05, 4.69) is 15.6 Å². The Morgan fingerprint density at radius 3 is 2.92 bits per heavy atom. The van der Waals surface area contributed by atoms with E-state index >= 15 is 0 Å². The second-order valence-electron chi connectivity index (χ2n) is 2.58. The molecule has 1 amide bonds. The van der Waals surface area contributed by atoms with Crippen molar-refractivity contribution in [3.8, 4) is 0 Å². The van der Waals surface area contributed by atoms with Crippen molar-refractivity contribution in [1.29, 1.82) is 0 Å². The molecule has 0 aromatic carbocycles. The van der Waals surface area contributed by atoms with Gasteiger partial charge in [-0.15, -0.1) is 0 Å². The third-order valence-electron chi connectivity index (χ3n) is 1.55. The minimum absolute atomic E-state index is 0.0360. The quantitative estimate of drug-likeness (QED) is 0.541. The Labute approximate surface area is 71.2 Å². The topological polar surface area (TPSA) is 62.7 Å². The van der Waals surface area contributed by atoms with Gasteiger partial charge in [-0.25, -0.2) is 0 Å². The molecular weight excluding hydrogens is 158 g/mol. The molecule has 0 spiro atoms. The summed E-state index contributed by atoms with van der Waals surface area (Å²) < 4.78 is 4.81. The summed E-state index contributed by atoms with van der Waals surface area (Å²) in [5.41, 5.74) is 0. The molecule has 1 aliphatic heterocycles. The number of aliphatic imine (C=N–C) groups is 1. The van der Waals surface area contributed by atoms with E-state index in [1.54, 1.807) is 14.0 Å². The van der Waals surface area contributed by atoms with Crippen LogP contribution >= 0.6 is 0 Å². The Bertz CT molecular complexity index is 203. The summed E-state index contributed by atoms with van der Waals surface area (Å²) in [5, 5.41) is 5.50. The van der Waals surface area contributed by atoms with Gasteiger partial charge in [0.2, 0.25) is 5.91 Å². The summed E-state index contributed by atoms with van der Waals surface area (Å²) in [4.78, 5) is 15.0. The van der Waals surface area contributed by atoms with Crippen LogP contribution in [0.1, 0.15) is 6.92 Å². The van der Waals surface area contributed by atoms with Crippen molar-refractivity contribution < 1.29 is 9.53 Å². The normalized spacial score (nSPS) is 25.7. The van der Waals surface area contributed by atoms with Crippen LogP contribution in [-0.2, 0) is 9.53 Å². The van der Waals surface area contributed by atoms with Crippen molar-refractivity contribution in [2.24, 2.45) is 4.99 Å². The fourth-order valence-corrected chi connectivity index (χ4v) is 0.866. The molecule has 1 rings (SSSR count). The minimum atomic E-state index is -0.175. The number of nitrogens with one attached hydrogen (secondary N) is 2. The predicted molar refractivity (Wildman–Crippen MR) is 44.9 cm³/mol. The molecule has 2 N–H and O–H groups in total. The lowest BCUT2D eigenvalue weighted by atomic mass is 10.4. The first-order valence-corrected chi connectivity index (χ1v) is 3.85. The minimum Gasteiger partial charge on any atom is -0.383 e. The van der Waals surface area contributed by atoms with E-state index in [1.807, 2.05) is 0 Å². The van der Waals surface area contributed by atoms with E-state index in [9.17, 15) is 4.79 Å². The van der Waals surface area contributed by atoms with Gasteiger partial charge in [-0.1, -0.05) is 0 Å². The van der Waals surface area contributed by atoms with E-state index in [-0.39, 0.29) is 11.9 Å². The van der Waals surface area contributed by atoms with Crippen LogP contribution in [-0.4, -0.2) is 38.2 Å². The zero-order chi connectivity index (χ0) is 8.97. The SMILES string of the molecule is COCCN=C1NC(=O)C(C)N1. The van der Waals surface area contributed by atoms with Crippen molar-refractivity contribution in [3.63, 3.8) is 0 Å². The van der Waals surface area contributed by atoms with Gasteiger partial charge in [0.25, 0.3) is 0 Å². The zero-order valence-corrected chi connectivity index (χ0v) is 7.26. The average molecular weight is 171 g/mol. The van der Waals surface area contributed by atoms with E-state index in [0.29, 0.717) is 19.1 Å². The Morgan fingerprint density at radius 2 is 2.42 bits per heavy atom. The molecule has 5 heteroatoms. The molecule has 1 unspecified atom stereocenters. The van der Waals surface area contributed by atoms with Gasteiger partial charge in [-0.3, -0.25) is 15.1 Å². The Hall–Kier alpha value is -1.10. The van der Waals surface area contributed by atoms with Gasteiger partial charge in [0.1, 0.15) is 6.04 Å². The van der Waals surface area contributed by atoms with E-state index in [1.165, 1.54) is 0 Å². The second kappa shape index (κ2) is 4.06. The summed E-state index contributed by atoms with van der Waals surface area (Å²) in [7, 11) is 1.61. The van der Waals surface area contributed by atoms with Gasteiger partial charge in [-0.05, 0) is 6.92 Å². The van der Waals surface area contributed by atoms with Gasteiger partial charge in [0.15, 0.2) is 5.96 Å². The van der Waals surface area contributed by atoms with Crippen molar-refractivity contribution >= 4 is 11.9 Å². The van der Waals surface area contributed by atoms with Crippen LogP contribution in [0.5, 0.6) is 0 Å². The highest BCUT2D eigenvalue weighted by Crippen LogP contribution is 1.90. The number of hydrogen-bond donors (Lipinski definition) is 2. The fraction of sp³-hybridized carbons (Fsp3) is 0.714. The van der Waals surface area contributed by atoms with Gasteiger partial charge >= 0.3 is 0 Å².